The number of nitrogens with zero attached hydrogens (tertiary/aromatic N) is 5. The molecule has 2 saturated heterocycles. The summed E-state index contributed by atoms with van der Waals surface area (Å²) in [6.45, 7) is 7.12. The predicted octanol–water partition coefficient (Wildman–Crippen LogP) is 3.50. The Morgan fingerprint density at radius 1 is 1.23 bits per heavy atom. The minimum Gasteiger partial charge on any atom is -0.444 e. The molecule has 0 unspecified atom stereocenters. The van der Waals surface area contributed by atoms with Crippen molar-refractivity contribution in [3.8, 4) is 11.1 Å². The van der Waals surface area contributed by atoms with Crippen LogP contribution in [0.15, 0.2) is 48.9 Å². The van der Waals surface area contributed by atoms with Gasteiger partial charge in [0, 0.05) is 35.4 Å². The first-order valence-electron chi connectivity index (χ1n) is 12.8. The number of benzene rings is 1. The van der Waals surface area contributed by atoms with E-state index in [0.717, 1.165) is 0 Å². The van der Waals surface area contributed by atoms with E-state index in [9.17, 15) is 9.59 Å². The van der Waals surface area contributed by atoms with Crippen molar-refractivity contribution in [2.24, 2.45) is 11.8 Å². The molecule has 3 aliphatic rings. The number of hydrogen-bond acceptors (Lipinski definition) is 8. The SMILES string of the molecule is CC(C)(C)OC(=O)N[C@]1(c2ccc(-c3ccc(N4C[C@H](Cn5ccnn5)OC4=O)cc3F)cn2)[C@@H]2COC[C@@H]21. The van der Waals surface area contributed by atoms with Gasteiger partial charge in [-0.25, -0.2) is 18.7 Å². The molecular weight excluding hydrogens is 507 g/mol. The van der Waals surface area contributed by atoms with Crippen molar-refractivity contribution in [3.63, 3.8) is 0 Å². The summed E-state index contributed by atoms with van der Waals surface area (Å²) in [5.41, 5.74) is 0.712. The molecule has 3 aromatic rings. The normalized spacial score (nSPS) is 25.8. The van der Waals surface area contributed by atoms with Gasteiger partial charge in [-0.05, 0) is 45.0 Å². The molecule has 0 spiro atoms. The summed E-state index contributed by atoms with van der Waals surface area (Å²) in [6.07, 6.45) is 3.36. The highest BCUT2D eigenvalue weighted by molar-refractivity contribution is 5.90. The first kappa shape index (κ1) is 25.2. The van der Waals surface area contributed by atoms with Crippen molar-refractivity contribution in [2.75, 3.05) is 24.7 Å². The van der Waals surface area contributed by atoms with Gasteiger partial charge in [-0.1, -0.05) is 11.3 Å². The Morgan fingerprint density at radius 3 is 2.67 bits per heavy atom. The standard InChI is InChI=1S/C27H29FN6O5/c1-26(2,3)39-24(35)31-27(20-14-37-15-21(20)27)23-7-4-16(11-29-23)19-6-5-17(10-22(19)28)34-13-18(38-25(34)36)12-33-9-8-30-32-33/h4-11,18,20-21H,12-15H2,1-3H3,(H,31,35)/t18-,20-,21+,27-/m0/s1. The Labute approximate surface area is 224 Å². The monoisotopic (exact) mass is 536 g/mol. The number of alkyl carbamates (subject to hydrolysis) is 1. The maximum atomic E-state index is 15.3. The average molecular weight is 537 g/mol. The molecule has 204 valence electrons. The number of halogens is 1. The molecular formula is C27H29FN6O5. The van der Waals surface area contributed by atoms with Gasteiger partial charge in [0.2, 0.25) is 0 Å². The molecule has 2 amide bonds. The van der Waals surface area contributed by atoms with Crippen molar-refractivity contribution in [2.45, 2.75) is 44.6 Å². The van der Waals surface area contributed by atoms with Crippen molar-refractivity contribution in [1.82, 2.24) is 25.3 Å². The molecule has 6 rings (SSSR count). The van der Waals surface area contributed by atoms with Gasteiger partial charge in [-0.3, -0.25) is 9.88 Å². The molecule has 39 heavy (non-hydrogen) atoms. The first-order chi connectivity index (χ1) is 18.6. The van der Waals surface area contributed by atoms with E-state index in [4.69, 9.17) is 14.2 Å². The number of hydrogen-bond donors (Lipinski definition) is 1. The molecule has 1 saturated carbocycles. The maximum Gasteiger partial charge on any atom is 0.414 e. The Kier molecular flexibility index (Phi) is 6.01. The van der Waals surface area contributed by atoms with Crippen LogP contribution in [0.4, 0.5) is 19.7 Å². The molecule has 2 aromatic heterocycles. The van der Waals surface area contributed by atoms with Crippen LogP contribution in [0.3, 0.4) is 0 Å². The third kappa shape index (κ3) is 4.69. The van der Waals surface area contributed by atoms with Crippen LogP contribution < -0.4 is 10.2 Å². The second-order valence-corrected chi connectivity index (χ2v) is 11.1. The molecule has 11 nitrogen and oxygen atoms in total. The number of amides is 2. The summed E-state index contributed by atoms with van der Waals surface area (Å²) in [5.74, 6) is -0.283. The molecule has 3 fully saturated rings. The molecule has 2 aliphatic heterocycles. The lowest BCUT2D eigenvalue weighted by atomic mass is 10.0. The average Bonchev–Trinajstić information content (AvgIpc) is 3.42. The molecule has 0 radical (unpaired) electrons. The zero-order valence-corrected chi connectivity index (χ0v) is 21.8. The molecule has 1 N–H and O–H groups in total. The smallest absolute Gasteiger partial charge is 0.414 e. The van der Waals surface area contributed by atoms with Crippen molar-refractivity contribution in [1.29, 1.82) is 0 Å². The summed E-state index contributed by atoms with van der Waals surface area (Å²) < 4.78 is 33.3. The largest absolute Gasteiger partial charge is 0.444 e. The van der Waals surface area contributed by atoms with Crippen LogP contribution >= 0.6 is 0 Å². The number of aromatic nitrogens is 4. The summed E-state index contributed by atoms with van der Waals surface area (Å²) in [5, 5.41) is 10.7. The van der Waals surface area contributed by atoms with Crippen LogP contribution in [-0.2, 0) is 26.3 Å². The number of carbonyl (C=O) groups is 2. The number of cyclic esters (lactones) is 1. The van der Waals surface area contributed by atoms with E-state index >= 15 is 4.39 Å². The number of rotatable bonds is 6. The summed E-state index contributed by atoms with van der Waals surface area (Å²) >= 11 is 0. The van der Waals surface area contributed by atoms with E-state index in [-0.39, 0.29) is 18.4 Å². The highest BCUT2D eigenvalue weighted by Crippen LogP contribution is 2.60. The van der Waals surface area contributed by atoms with E-state index in [0.29, 0.717) is 42.3 Å². The van der Waals surface area contributed by atoms with Crippen molar-refractivity contribution >= 4 is 17.9 Å². The zero-order chi connectivity index (χ0) is 27.4. The van der Waals surface area contributed by atoms with E-state index in [2.05, 4.69) is 20.6 Å². The number of ether oxygens (including phenoxy) is 3. The number of fused-ring (bicyclic) bond motifs is 1. The van der Waals surface area contributed by atoms with Crippen LogP contribution in [0.1, 0.15) is 26.5 Å². The van der Waals surface area contributed by atoms with Crippen LogP contribution in [0.5, 0.6) is 0 Å². The fourth-order valence-corrected chi connectivity index (χ4v) is 5.53. The molecule has 1 aromatic carbocycles. The Balaban J connectivity index is 1.18. The van der Waals surface area contributed by atoms with Crippen LogP contribution in [-0.4, -0.2) is 63.6 Å². The number of anilines is 1. The second-order valence-electron chi connectivity index (χ2n) is 11.1. The molecule has 12 heteroatoms. The number of pyridine rings is 1. The van der Waals surface area contributed by atoms with Crippen molar-refractivity contribution < 1.29 is 28.2 Å². The van der Waals surface area contributed by atoms with Crippen LogP contribution in [0.2, 0.25) is 0 Å². The topological polar surface area (TPSA) is 121 Å². The predicted molar refractivity (Wildman–Crippen MR) is 136 cm³/mol. The number of carbonyl (C=O) groups excluding carboxylic acids is 2. The maximum absolute atomic E-state index is 15.3. The summed E-state index contributed by atoms with van der Waals surface area (Å²) in [6, 6.07) is 8.21. The van der Waals surface area contributed by atoms with Crippen LogP contribution in [0, 0.1) is 17.7 Å². The fourth-order valence-electron chi connectivity index (χ4n) is 5.53. The Morgan fingerprint density at radius 2 is 2.03 bits per heavy atom. The fraction of sp³-hybridized carbons (Fsp3) is 0.444. The Bertz CT molecular complexity index is 1380. The van der Waals surface area contributed by atoms with Gasteiger partial charge < -0.3 is 19.5 Å². The van der Waals surface area contributed by atoms with Gasteiger partial charge in [0.25, 0.3) is 0 Å². The lowest BCUT2D eigenvalue weighted by molar-refractivity contribution is 0.0447. The third-order valence-corrected chi connectivity index (χ3v) is 7.35. The highest BCUT2D eigenvalue weighted by atomic mass is 19.1. The van der Waals surface area contributed by atoms with Gasteiger partial charge in [-0.2, -0.15) is 0 Å². The van der Waals surface area contributed by atoms with Crippen molar-refractivity contribution in [3.05, 3.63) is 60.4 Å². The van der Waals surface area contributed by atoms with Gasteiger partial charge in [0.15, 0.2) is 0 Å². The quantitative estimate of drug-likeness (QED) is 0.508. The molecule has 0 bridgehead atoms. The zero-order valence-electron chi connectivity index (χ0n) is 21.8. The first-order valence-corrected chi connectivity index (χ1v) is 12.8. The number of nitrogens with one attached hydrogen (secondary N) is 1. The minimum absolute atomic E-state index is 0.105. The third-order valence-electron chi connectivity index (χ3n) is 7.35. The van der Waals surface area contributed by atoms with E-state index < -0.39 is 35.2 Å². The van der Waals surface area contributed by atoms with E-state index in [1.807, 2.05) is 26.8 Å². The lowest BCUT2D eigenvalue weighted by Crippen LogP contribution is -2.43. The molecule has 1 aliphatic carbocycles. The van der Waals surface area contributed by atoms with Gasteiger partial charge in [-0.15, -0.1) is 5.10 Å². The molecule has 4 atom stereocenters. The second kappa shape index (κ2) is 9.30. The van der Waals surface area contributed by atoms with Crippen LogP contribution in [0.25, 0.3) is 11.1 Å². The van der Waals surface area contributed by atoms with E-state index in [1.165, 1.54) is 11.0 Å². The lowest BCUT2D eigenvalue weighted by Gasteiger charge is -2.26. The van der Waals surface area contributed by atoms with Gasteiger partial charge in [0.1, 0.15) is 17.5 Å². The molecule has 4 heterocycles. The van der Waals surface area contributed by atoms with Gasteiger partial charge >= 0.3 is 12.2 Å². The highest BCUT2D eigenvalue weighted by Gasteiger charge is 2.70. The Hall–Kier alpha value is -4.06. The summed E-state index contributed by atoms with van der Waals surface area (Å²) in [4.78, 5) is 31.1. The van der Waals surface area contributed by atoms with Gasteiger partial charge in [0.05, 0.1) is 49.4 Å². The minimum atomic E-state index is -0.666. The van der Waals surface area contributed by atoms with E-state index in [1.54, 1.807) is 41.5 Å². The summed E-state index contributed by atoms with van der Waals surface area (Å²) in [7, 11) is 0.